The molecule has 3 aromatic carbocycles. The van der Waals surface area contributed by atoms with E-state index in [1.54, 1.807) is 66.7 Å². The van der Waals surface area contributed by atoms with Crippen LogP contribution < -0.4 is 5.32 Å². The Hall–Kier alpha value is -3.08. The van der Waals surface area contributed by atoms with Crippen LogP contribution in [0.5, 0.6) is 0 Å². The minimum Gasteiger partial charge on any atom is -0.477 e. The van der Waals surface area contributed by atoms with Gasteiger partial charge < -0.3 is 10.4 Å². The summed E-state index contributed by atoms with van der Waals surface area (Å²) in [6.07, 6.45) is 1.39. The van der Waals surface area contributed by atoms with Crippen molar-refractivity contribution in [3.05, 3.63) is 99.7 Å². The van der Waals surface area contributed by atoms with Crippen molar-refractivity contribution in [1.29, 1.82) is 0 Å². The zero-order chi connectivity index (χ0) is 20.1. The van der Waals surface area contributed by atoms with E-state index in [1.165, 1.54) is 6.08 Å². The molecule has 0 atom stereocenters. The number of nitrogens with one attached hydrogen (secondary N) is 1. The molecule has 3 rings (SSSR count). The van der Waals surface area contributed by atoms with Crippen molar-refractivity contribution in [2.75, 3.05) is 0 Å². The predicted molar refractivity (Wildman–Crippen MR) is 111 cm³/mol. The third-order valence-corrected chi connectivity index (χ3v) is 4.52. The molecule has 0 bridgehead atoms. The van der Waals surface area contributed by atoms with Crippen LogP contribution in [0.15, 0.2) is 78.5 Å². The highest BCUT2D eigenvalue weighted by atomic mass is 35.5. The second-order valence-electron chi connectivity index (χ2n) is 5.93. The smallest absolute Gasteiger partial charge is 0.352 e. The first-order chi connectivity index (χ1) is 13.4. The van der Waals surface area contributed by atoms with Crippen molar-refractivity contribution < 1.29 is 14.7 Å². The Morgan fingerprint density at radius 1 is 0.893 bits per heavy atom. The minimum atomic E-state index is -1.24. The number of halogens is 2. The number of rotatable bonds is 5. The van der Waals surface area contributed by atoms with Gasteiger partial charge in [0.1, 0.15) is 5.70 Å². The van der Waals surface area contributed by atoms with Crippen LogP contribution in [0.1, 0.15) is 15.9 Å². The number of amides is 1. The monoisotopic (exact) mass is 411 g/mol. The van der Waals surface area contributed by atoms with E-state index in [4.69, 9.17) is 23.2 Å². The molecule has 0 heterocycles. The molecule has 0 spiro atoms. The highest BCUT2D eigenvalue weighted by Crippen LogP contribution is 2.31. The molecule has 0 saturated heterocycles. The molecule has 0 unspecified atom stereocenters. The van der Waals surface area contributed by atoms with Crippen LogP contribution in [0.25, 0.3) is 17.2 Å². The third-order valence-electron chi connectivity index (χ3n) is 3.95. The molecule has 140 valence electrons. The van der Waals surface area contributed by atoms with Crippen molar-refractivity contribution in [1.82, 2.24) is 5.32 Å². The molecule has 0 aliphatic rings. The normalized spacial score (nSPS) is 11.1. The summed E-state index contributed by atoms with van der Waals surface area (Å²) in [5.41, 5.74) is 2.24. The van der Waals surface area contributed by atoms with Gasteiger partial charge >= 0.3 is 5.97 Å². The van der Waals surface area contributed by atoms with Crippen LogP contribution in [0.4, 0.5) is 0 Å². The zero-order valence-corrected chi connectivity index (χ0v) is 16.0. The van der Waals surface area contributed by atoms with Crippen molar-refractivity contribution in [3.63, 3.8) is 0 Å². The molecule has 2 N–H and O–H groups in total. The van der Waals surface area contributed by atoms with Gasteiger partial charge in [-0.1, -0.05) is 59.6 Å². The number of carboxylic acids is 1. The van der Waals surface area contributed by atoms with Crippen molar-refractivity contribution in [2.45, 2.75) is 0 Å². The minimum absolute atomic E-state index is 0.233. The molecule has 0 fully saturated rings. The number of carbonyl (C=O) groups excluding carboxylic acids is 1. The molecular formula is C22H15Cl2NO3. The first-order valence-electron chi connectivity index (χ1n) is 8.31. The second kappa shape index (κ2) is 8.74. The molecule has 28 heavy (non-hydrogen) atoms. The van der Waals surface area contributed by atoms with Gasteiger partial charge in [-0.15, -0.1) is 0 Å². The maximum absolute atomic E-state index is 12.3. The topological polar surface area (TPSA) is 66.4 Å². The van der Waals surface area contributed by atoms with E-state index in [0.717, 1.165) is 11.1 Å². The largest absolute Gasteiger partial charge is 0.477 e. The Kier molecular flexibility index (Phi) is 6.14. The van der Waals surface area contributed by atoms with Crippen molar-refractivity contribution >= 4 is 41.2 Å². The summed E-state index contributed by atoms with van der Waals surface area (Å²) in [7, 11) is 0. The lowest BCUT2D eigenvalue weighted by Gasteiger charge is -2.08. The van der Waals surface area contributed by atoms with Crippen molar-refractivity contribution in [2.24, 2.45) is 0 Å². The van der Waals surface area contributed by atoms with Gasteiger partial charge in [-0.25, -0.2) is 4.79 Å². The lowest BCUT2D eigenvalue weighted by Crippen LogP contribution is -2.27. The van der Waals surface area contributed by atoms with E-state index in [2.05, 4.69) is 5.32 Å². The number of hydrogen-bond donors (Lipinski definition) is 2. The average molecular weight is 412 g/mol. The Balaban J connectivity index is 1.92. The SMILES string of the molecule is O=C(O)/C(=C\c1cccc(-c2cc(Cl)ccc2Cl)c1)NC(=O)c1ccccc1. The van der Waals surface area contributed by atoms with Gasteiger partial charge in [-0.3, -0.25) is 4.79 Å². The lowest BCUT2D eigenvalue weighted by atomic mass is 10.0. The summed E-state index contributed by atoms with van der Waals surface area (Å²) in [6, 6.07) is 20.7. The number of aliphatic carboxylic acids is 1. The van der Waals surface area contributed by atoms with Crippen molar-refractivity contribution in [3.8, 4) is 11.1 Å². The summed E-state index contributed by atoms with van der Waals surface area (Å²) in [5.74, 6) is -1.74. The summed E-state index contributed by atoms with van der Waals surface area (Å²) in [4.78, 5) is 23.9. The fraction of sp³-hybridized carbons (Fsp3) is 0. The first-order valence-corrected chi connectivity index (χ1v) is 9.06. The van der Waals surface area contributed by atoms with Crippen LogP contribution >= 0.6 is 23.2 Å². The number of hydrogen-bond acceptors (Lipinski definition) is 2. The van der Waals surface area contributed by atoms with Gasteiger partial charge in [0, 0.05) is 21.2 Å². The highest BCUT2D eigenvalue weighted by Gasteiger charge is 2.13. The van der Waals surface area contributed by atoms with E-state index >= 15 is 0 Å². The van der Waals surface area contributed by atoms with Crippen LogP contribution in [-0.2, 0) is 4.79 Å². The van der Waals surface area contributed by atoms with E-state index in [-0.39, 0.29) is 5.70 Å². The van der Waals surface area contributed by atoms with Crippen LogP contribution in [-0.4, -0.2) is 17.0 Å². The average Bonchev–Trinajstić information content (AvgIpc) is 2.70. The molecule has 0 aliphatic carbocycles. The lowest BCUT2D eigenvalue weighted by molar-refractivity contribution is -0.132. The molecule has 0 saturated carbocycles. The molecule has 1 amide bonds. The fourth-order valence-corrected chi connectivity index (χ4v) is 3.02. The van der Waals surface area contributed by atoms with Gasteiger partial charge in [-0.05, 0) is 53.6 Å². The van der Waals surface area contributed by atoms with E-state index in [9.17, 15) is 14.7 Å². The van der Waals surface area contributed by atoms with E-state index in [1.807, 2.05) is 6.07 Å². The molecule has 0 aromatic heterocycles. The van der Waals surface area contributed by atoms with E-state index in [0.29, 0.717) is 21.2 Å². The fourth-order valence-electron chi connectivity index (χ4n) is 2.62. The molecule has 6 heteroatoms. The Morgan fingerprint density at radius 3 is 2.36 bits per heavy atom. The molecule has 0 aliphatic heterocycles. The third kappa shape index (κ3) is 4.80. The first kappa shape index (κ1) is 19.7. The number of carboxylic acid groups (broad SMARTS) is 1. The summed E-state index contributed by atoms with van der Waals surface area (Å²) < 4.78 is 0. The van der Waals surface area contributed by atoms with Gasteiger partial charge in [0.25, 0.3) is 5.91 Å². The Labute approximate surface area is 172 Å². The maximum atomic E-state index is 12.3. The second-order valence-corrected chi connectivity index (χ2v) is 6.78. The summed E-state index contributed by atoms with van der Waals surface area (Å²) in [5, 5.41) is 13.0. The van der Waals surface area contributed by atoms with Gasteiger partial charge in [0.2, 0.25) is 0 Å². The molecule has 0 radical (unpaired) electrons. The van der Waals surface area contributed by atoms with Gasteiger partial charge in [0.15, 0.2) is 0 Å². The Morgan fingerprint density at radius 2 is 1.64 bits per heavy atom. The van der Waals surface area contributed by atoms with Crippen LogP contribution in [0.2, 0.25) is 10.0 Å². The number of carbonyl (C=O) groups is 2. The summed E-state index contributed by atoms with van der Waals surface area (Å²) in [6.45, 7) is 0. The number of benzene rings is 3. The molecular weight excluding hydrogens is 397 g/mol. The van der Waals surface area contributed by atoms with Gasteiger partial charge in [0.05, 0.1) is 0 Å². The Bertz CT molecular complexity index is 1060. The maximum Gasteiger partial charge on any atom is 0.352 e. The zero-order valence-electron chi connectivity index (χ0n) is 14.5. The molecule has 3 aromatic rings. The van der Waals surface area contributed by atoms with Crippen LogP contribution in [0.3, 0.4) is 0 Å². The van der Waals surface area contributed by atoms with E-state index < -0.39 is 11.9 Å². The van der Waals surface area contributed by atoms with Gasteiger partial charge in [-0.2, -0.15) is 0 Å². The van der Waals surface area contributed by atoms with Crippen LogP contribution in [0, 0.1) is 0 Å². The highest BCUT2D eigenvalue weighted by molar-refractivity contribution is 6.35. The standard InChI is InChI=1S/C22H15Cl2NO3/c23-17-9-10-19(24)18(13-17)16-8-4-5-14(11-16)12-20(22(27)28)25-21(26)15-6-2-1-3-7-15/h1-13H,(H,25,26)(H,27,28)/b20-12+. The quantitative estimate of drug-likeness (QED) is 0.543. The summed E-state index contributed by atoms with van der Waals surface area (Å²) >= 11 is 12.3. The molecule has 4 nitrogen and oxygen atoms in total. The predicted octanol–water partition coefficient (Wildman–Crippen LogP) is 5.52.